The SMILES string of the molecule is CC1(C)C(=O)NC(=O)N(CCN2CCOCC2)C1=O. The molecular weight excluding hydrogens is 250 g/mol. The minimum absolute atomic E-state index is 0.293. The van der Waals surface area contributed by atoms with Gasteiger partial charge in [-0.25, -0.2) is 4.79 Å². The van der Waals surface area contributed by atoms with Gasteiger partial charge in [0.25, 0.3) is 0 Å². The topological polar surface area (TPSA) is 79.0 Å². The van der Waals surface area contributed by atoms with Gasteiger partial charge in [0, 0.05) is 26.2 Å². The lowest BCUT2D eigenvalue weighted by Gasteiger charge is -2.36. The first-order valence-corrected chi connectivity index (χ1v) is 6.40. The Morgan fingerprint density at radius 3 is 2.42 bits per heavy atom. The molecule has 2 fully saturated rings. The number of urea groups is 1. The number of carbonyl (C=O) groups excluding carboxylic acids is 3. The maximum atomic E-state index is 12.1. The molecule has 106 valence electrons. The zero-order valence-electron chi connectivity index (χ0n) is 11.3. The molecule has 0 aliphatic carbocycles. The Bertz CT molecular complexity index is 402. The van der Waals surface area contributed by atoms with Crippen molar-refractivity contribution in [3.63, 3.8) is 0 Å². The van der Waals surface area contributed by atoms with Crippen molar-refractivity contribution >= 4 is 17.8 Å². The molecule has 0 bridgehead atoms. The lowest BCUT2D eigenvalue weighted by atomic mass is 9.89. The molecule has 0 spiro atoms. The van der Waals surface area contributed by atoms with Crippen LogP contribution in [0.15, 0.2) is 0 Å². The van der Waals surface area contributed by atoms with E-state index >= 15 is 0 Å². The Kier molecular flexibility index (Phi) is 3.86. The van der Waals surface area contributed by atoms with Crippen LogP contribution in [-0.2, 0) is 14.3 Å². The third-order valence-electron chi connectivity index (χ3n) is 3.56. The van der Waals surface area contributed by atoms with Crippen LogP contribution < -0.4 is 5.32 Å². The zero-order valence-corrected chi connectivity index (χ0v) is 11.3. The van der Waals surface area contributed by atoms with Gasteiger partial charge in [-0.3, -0.25) is 24.7 Å². The van der Waals surface area contributed by atoms with Crippen LogP contribution in [0.5, 0.6) is 0 Å². The molecule has 7 nitrogen and oxygen atoms in total. The Morgan fingerprint density at radius 2 is 1.79 bits per heavy atom. The summed E-state index contributed by atoms with van der Waals surface area (Å²) in [5.74, 6) is -0.973. The highest BCUT2D eigenvalue weighted by atomic mass is 16.5. The molecule has 0 saturated carbocycles. The van der Waals surface area contributed by atoms with Crippen LogP contribution in [0, 0.1) is 5.41 Å². The Hall–Kier alpha value is -1.47. The minimum Gasteiger partial charge on any atom is -0.379 e. The van der Waals surface area contributed by atoms with Crippen molar-refractivity contribution < 1.29 is 19.1 Å². The van der Waals surface area contributed by atoms with E-state index in [2.05, 4.69) is 10.2 Å². The van der Waals surface area contributed by atoms with E-state index in [-0.39, 0.29) is 0 Å². The molecule has 2 saturated heterocycles. The second-order valence-electron chi connectivity index (χ2n) is 5.30. The molecule has 2 aliphatic rings. The van der Waals surface area contributed by atoms with Crippen molar-refractivity contribution in [1.29, 1.82) is 0 Å². The number of imide groups is 2. The third-order valence-corrected chi connectivity index (χ3v) is 3.56. The predicted molar refractivity (Wildman–Crippen MR) is 66.3 cm³/mol. The highest BCUT2D eigenvalue weighted by molar-refractivity contribution is 6.18. The Balaban J connectivity index is 1.96. The maximum absolute atomic E-state index is 12.1. The number of carbonyl (C=O) groups is 3. The largest absolute Gasteiger partial charge is 0.379 e. The summed E-state index contributed by atoms with van der Waals surface area (Å²) >= 11 is 0. The van der Waals surface area contributed by atoms with E-state index in [1.54, 1.807) is 0 Å². The van der Waals surface area contributed by atoms with Crippen molar-refractivity contribution in [2.45, 2.75) is 13.8 Å². The average Bonchev–Trinajstić information content (AvgIpc) is 2.38. The van der Waals surface area contributed by atoms with Crippen LogP contribution in [0.25, 0.3) is 0 Å². The van der Waals surface area contributed by atoms with Gasteiger partial charge in [0.15, 0.2) is 0 Å². The van der Waals surface area contributed by atoms with Crippen molar-refractivity contribution in [2.24, 2.45) is 5.41 Å². The zero-order chi connectivity index (χ0) is 14.0. The van der Waals surface area contributed by atoms with E-state index in [4.69, 9.17) is 4.74 Å². The lowest BCUT2D eigenvalue weighted by Crippen LogP contribution is -2.62. The van der Waals surface area contributed by atoms with Gasteiger partial charge in [-0.15, -0.1) is 0 Å². The molecule has 7 heteroatoms. The number of nitrogens with zero attached hydrogens (tertiary/aromatic N) is 2. The maximum Gasteiger partial charge on any atom is 0.330 e. The Morgan fingerprint density at radius 1 is 1.16 bits per heavy atom. The normalized spacial score (nSPS) is 24.5. The van der Waals surface area contributed by atoms with Gasteiger partial charge in [0.2, 0.25) is 11.8 Å². The first kappa shape index (κ1) is 14.0. The molecule has 0 unspecified atom stereocenters. The minimum atomic E-state index is -1.18. The summed E-state index contributed by atoms with van der Waals surface area (Å²) in [4.78, 5) is 38.7. The number of hydrogen-bond acceptors (Lipinski definition) is 5. The molecule has 0 aromatic heterocycles. The quantitative estimate of drug-likeness (QED) is 0.694. The molecule has 2 heterocycles. The fourth-order valence-corrected chi connectivity index (χ4v) is 2.12. The van der Waals surface area contributed by atoms with Gasteiger partial charge in [-0.1, -0.05) is 0 Å². The van der Waals surface area contributed by atoms with Gasteiger partial charge in [-0.05, 0) is 13.8 Å². The molecule has 0 atom stereocenters. The van der Waals surface area contributed by atoms with Crippen molar-refractivity contribution in [3.8, 4) is 0 Å². The first-order valence-electron chi connectivity index (χ1n) is 6.40. The van der Waals surface area contributed by atoms with Crippen LogP contribution in [0.3, 0.4) is 0 Å². The number of hydrogen-bond donors (Lipinski definition) is 1. The van der Waals surface area contributed by atoms with E-state index in [1.165, 1.54) is 13.8 Å². The molecule has 1 N–H and O–H groups in total. The van der Waals surface area contributed by atoms with E-state index in [0.29, 0.717) is 26.3 Å². The van der Waals surface area contributed by atoms with Crippen LogP contribution in [0.4, 0.5) is 4.79 Å². The molecule has 4 amide bonds. The lowest BCUT2D eigenvalue weighted by molar-refractivity contribution is -0.149. The monoisotopic (exact) mass is 269 g/mol. The summed E-state index contributed by atoms with van der Waals surface area (Å²) in [6, 6.07) is -0.623. The number of barbiturate groups is 1. The summed E-state index contributed by atoms with van der Waals surface area (Å²) < 4.78 is 5.23. The van der Waals surface area contributed by atoms with Crippen LogP contribution >= 0.6 is 0 Å². The third kappa shape index (κ3) is 2.76. The number of rotatable bonds is 3. The van der Waals surface area contributed by atoms with Gasteiger partial charge >= 0.3 is 6.03 Å². The van der Waals surface area contributed by atoms with E-state index in [9.17, 15) is 14.4 Å². The highest BCUT2D eigenvalue weighted by Gasteiger charge is 2.46. The van der Waals surface area contributed by atoms with Crippen molar-refractivity contribution in [1.82, 2.24) is 15.1 Å². The second-order valence-corrected chi connectivity index (χ2v) is 5.30. The molecule has 2 rings (SSSR count). The smallest absolute Gasteiger partial charge is 0.330 e. The average molecular weight is 269 g/mol. The number of morpholine rings is 1. The van der Waals surface area contributed by atoms with E-state index in [0.717, 1.165) is 18.0 Å². The molecule has 0 aromatic rings. The molecule has 0 aromatic carbocycles. The second kappa shape index (κ2) is 5.26. The fraction of sp³-hybridized carbons (Fsp3) is 0.750. The van der Waals surface area contributed by atoms with E-state index in [1.807, 2.05) is 0 Å². The summed E-state index contributed by atoms with van der Waals surface area (Å²) in [6.07, 6.45) is 0. The fourth-order valence-electron chi connectivity index (χ4n) is 2.12. The van der Waals surface area contributed by atoms with Crippen molar-refractivity contribution in [2.75, 3.05) is 39.4 Å². The number of nitrogens with one attached hydrogen (secondary N) is 1. The molecule has 2 aliphatic heterocycles. The van der Waals surface area contributed by atoms with Gasteiger partial charge in [-0.2, -0.15) is 0 Å². The summed E-state index contributed by atoms with van der Waals surface area (Å²) in [5, 5.41) is 2.22. The summed E-state index contributed by atoms with van der Waals surface area (Å²) in [6.45, 7) is 6.89. The molecular formula is C12H19N3O4. The van der Waals surface area contributed by atoms with Crippen LogP contribution in [0.1, 0.15) is 13.8 Å². The number of amides is 4. The van der Waals surface area contributed by atoms with E-state index < -0.39 is 23.3 Å². The van der Waals surface area contributed by atoms with Crippen LogP contribution in [-0.4, -0.2) is 67.0 Å². The number of ether oxygens (including phenoxy) is 1. The highest BCUT2D eigenvalue weighted by Crippen LogP contribution is 2.23. The van der Waals surface area contributed by atoms with Crippen LogP contribution in [0.2, 0.25) is 0 Å². The molecule has 0 radical (unpaired) electrons. The summed E-state index contributed by atoms with van der Waals surface area (Å²) in [5.41, 5.74) is -1.18. The Labute approximate surface area is 111 Å². The van der Waals surface area contributed by atoms with Crippen molar-refractivity contribution in [3.05, 3.63) is 0 Å². The summed E-state index contributed by atoms with van der Waals surface area (Å²) in [7, 11) is 0. The standard InChI is InChI=1S/C12H19N3O4/c1-12(2)9(16)13-11(18)15(10(12)17)4-3-14-5-7-19-8-6-14/h3-8H2,1-2H3,(H,13,16,18). The first-order chi connectivity index (χ1) is 8.93. The molecule has 19 heavy (non-hydrogen) atoms. The predicted octanol–water partition coefficient (Wildman–Crippen LogP) is -0.577. The van der Waals surface area contributed by atoms with Gasteiger partial charge in [0.1, 0.15) is 5.41 Å². The van der Waals surface area contributed by atoms with Gasteiger partial charge in [0.05, 0.1) is 13.2 Å². The van der Waals surface area contributed by atoms with Gasteiger partial charge < -0.3 is 4.74 Å².